The van der Waals surface area contributed by atoms with E-state index in [1.807, 2.05) is 42.2 Å². The van der Waals surface area contributed by atoms with Gasteiger partial charge < -0.3 is 10.8 Å². The van der Waals surface area contributed by atoms with Gasteiger partial charge in [-0.25, -0.2) is 0 Å². The van der Waals surface area contributed by atoms with Gasteiger partial charge in [-0.05, 0) is 36.8 Å². The highest BCUT2D eigenvalue weighted by Gasteiger charge is 2.22. The van der Waals surface area contributed by atoms with Crippen molar-refractivity contribution in [3.8, 4) is 0 Å². The fourth-order valence-electron chi connectivity index (χ4n) is 2.41. The second kappa shape index (κ2) is 7.73. The number of nitrogens with two attached hydrogens (primary N) is 1. The Balaban J connectivity index is 2.13. The van der Waals surface area contributed by atoms with Crippen molar-refractivity contribution in [2.24, 2.45) is 0 Å². The lowest BCUT2D eigenvalue weighted by Gasteiger charge is -2.27. The van der Waals surface area contributed by atoms with Crippen molar-refractivity contribution in [3.05, 3.63) is 65.7 Å². The number of hydrogen-bond acceptors (Lipinski definition) is 4. The van der Waals surface area contributed by atoms with Crippen LogP contribution in [0.15, 0.2) is 54.6 Å². The van der Waals surface area contributed by atoms with Crippen LogP contribution in [-0.2, 0) is 6.54 Å². The van der Waals surface area contributed by atoms with Crippen LogP contribution in [-0.4, -0.2) is 35.0 Å². The zero-order chi connectivity index (χ0) is 15.9. The quantitative estimate of drug-likeness (QED) is 0.608. The van der Waals surface area contributed by atoms with Crippen LogP contribution in [0, 0.1) is 0 Å². The predicted octanol–water partition coefficient (Wildman–Crippen LogP) is 2.33. The molecular formula is C18H22N2O2. The van der Waals surface area contributed by atoms with Crippen LogP contribution in [0.4, 0.5) is 5.69 Å². The highest BCUT2D eigenvalue weighted by atomic mass is 16.3. The Bertz CT molecular complexity index is 596. The summed E-state index contributed by atoms with van der Waals surface area (Å²) < 4.78 is 0. The highest BCUT2D eigenvalue weighted by Crippen LogP contribution is 2.14. The number of rotatable bonds is 7. The first kappa shape index (κ1) is 16.2. The van der Waals surface area contributed by atoms with Crippen LogP contribution in [0.3, 0.4) is 0 Å². The maximum Gasteiger partial charge on any atom is 0.179 e. The van der Waals surface area contributed by atoms with Crippen LogP contribution in [0.5, 0.6) is 0 Å². The number of anilines is 1. The third-order valence-corrected chi connectivity index (χ3v) is 3.74. The van der Waals surface area contributed by atoms with Crippen LogP contribution in [0.25, 0.3) is 0 Å². The number of benzene rings is 2. The van der Waals surface area contributed by atoms with E-state index in [0.717, 1.165) is 5.56 Å². The van der Waals surface area contributed by atoms with E-state index in [9.17, 15) is 9.90 Å². The van der Waals surface area contributed by atoms with E-state index in [4.69, 9.17) is 5.73 Å². The van der Waals surface area contributed by atoms with E-state index in [-0.39, 0.29) is 18.4 Å². The minimum Gasteiger partial charge on any atom is -0.399 e. The van der Waals surface area contributed by atoms with Gasteiger partial charge in [0.2, 0.25) is 0 Å². The number of carbonyl (C=O) groups is 1. The summed E-state index contributed by atoms with van der Waals surface area (Å²) in [7, 11) is 0. The third kappa shape index (κ3) is 4.16. The van der Waals surface area contributed by atoms with Gasteiger partial charge in [-0.2, -0.15) is 0 Å². The fraction of sp³-hybridized carbons (Fsp3) is 0.278. The van der Waals surface area contributed by atoms with Crippen molar-refractivity contribution in [1.29, 1.82) is 0 Å². The first-order valence-electron chi connectivity index (χ1n) is 7.40. The molecule has 3 N–H and O–H groups in total. The highest BCUT2D eigenvalue weighted by molar-refractivity contribution is 6.00. The molecule has 0 heterocycles. The van der Waals surface area contributed by atoms with Crippen molar-refractivity contribution in [2.75, 3.05) is 18.9 Å². The third-order valence-electron chi connectivity index (χ3n) is 3.74. The molecule has 0 radical (unpaired) electrons. The summed E-state index contributed by atoms with van der Waals surface area (Å²) in [5.41, 5.74) is 8.05. The second-order valence-electron chi connectivity index (χ2n) is 5.34. The van der Waals surface area contributed by atoms with E-state index in [1.54, 1.807) is 24.3 Å². The summed E-state index contributed by atoms with van der Waals surface area (Å²) in [5, 5.41) is 9.28. The molecule has 0 aliphatic heterocycles. The Morgan fingerprint density at radius 1 is 1.14 bits per heavy atom. The zero-order valence-corrected chi connectivity index (χ0v) is 12.8. The lowest BCUT2D eigenvalue weighted by molar-refractivity contribution is 0.0794. The number of carbonyl (C=O) groups excluding carboxylic acids is 1. The van der Waals surface area contributed by atoms with Gasteiger partial charge in [0, 0.05) is 24.3 Å². The molecular weight excluding hydrogens is 276 g/mol. The summed E-state index contributed by atoms with van der Waals surface area (Å²) in [6.45, 7) is 2.98. The van der Waals surface area contributed by atoms with E-state index < -0.39 is 0 Å². The molecule has 0 fully saturated rings. The second-order valence-corrected chi connectivity index (χ2v) is 5.34. The average Bonchev–Trinajstić information content (AvgIpc) is 2.55. The molecule has 0 aliphatic carbocycles. The standard InChI is InChI=1S/C18H22N2O2/c1-14(18(22)16-7-9-17(19)10-8-16)20(11-12-21)13-15-5-3-2-4-6-15/h2-10,14,21H,11-13,19H2,1H3. The van der Waals surface area contributed by atoms with E-state index >= 15 is 0 Å². The zero-order valence-electron chi connectivity index (χ0n) is 12.8. The number of aliphatic hydroxyl groups excluding tert-OH is 1. The minimum absolute atomic E-state index is 0.0200. The Morgan fingerprint density at radius 2 is 1.77 bits per heavy atom. The maximum absolute atomic E-state index is 12.6. The summed E-state index contributed by atoms with van der Waals surface area (Å²) in [4.78, 5) is 14.6. The number of ketones is 1. The van der Waals surface area contributed by atoms with Crippen LogP contribution in [0.1, 0.15) is 22.8 Å². The molecule has 116 valence electrons. The Kier molecular flexibility index (Phi) is 5.69. The van der Waals surface area contributed by atoms with E-state index in [1.165, 1.54) is 0 Å². The molecule has 22 heavy (non-hydrogen) atoms. The summed E-state index contributed by atoms with van der Waals surface area (Å²) >= 11 is 0. The van der Waals surface area contributed by atoms with Crippen molar-refractivity contribution in [1.82, 2.24) is 4.90 Å². The molecule has 2 aromatic rings. The first-order valence-corrected chi connectivity index (χ1v) is 7.40. The molecule has 4 heteroatoms. The van der Waals surface area contributed by atoms with Crippen molar-refractivity contribution >= 4 is 11.5 Å². The van der Waals surface area contributed by atoms with Crippen molar-refractivity contribution in [3.63, 3.8) is 0 Å². The molecule has 0 saturated heterocycles. The molecule has 0 bridgehead atoms. The van der Waals surface area contributed by atoms with Gasteiger partial charge in [-0.1, -0.05) is 30.3 Å². The molecule has 0 spiro atoms. The molecule has 0 amide bonds. The van der Waals surface area contributed by atoms with Crippen molar-refractivity contribution < 1.29 is 9.90 Å². The Morgan fingerprint density at radius 3 is 2.36 bits per heavy atom. The summed E-state index contributed by atoms with van der Waals surface area (Å²) in [6, 6.07) is 16.6. The summed E-state index contributed by atoms with van der Waals surface area (Å²) in [5.74, 6) is 0.0318. The molecule has 2 rings (SSSR count). The number of aliphatic hydroxyl groups is 1. The number of nitrogens with zero attached hydrogens (tertiary/aromatic N) is 1. The molecule has 4 nitrogen and oxygen atoms in total. The van der Waals surface area contributed by atoms with Gasteiger partial charge in [0.05, 0.1) is 12.6 Å². The predicted molar refractivity (Wildman–Crippen MR) is 88.6 cm³/mol. The van der Waals surface area contributed by atoms with Crippen LogP contribution in [0.2, 0.25) is 0 Å². The topological polar surface area (TPSA) is 66.6 Å². The van der Waals surface area contributed by atoms with Gasteiger partial charge in [0.15, 0.2) is 5.78 Å². The lowest BCUT2D eigenvalue weighted by atomic mass is 10.0. The molecule has 0 saturated carbocycles. The Labute approximate surface area is 131 Å². The van der Waals surface area contributed by atoms with E-state index in [0.29, 0.717) is 24.3 Å². The van der Waals surface area contributed by atoms with Gasteiger partial charge in [-0.3, -0.25) is 9.69 Å². The van der Waals surface area contributed by atoms with E-state index in [2.05, 4.69) is 0 Å². The number of nitrogen functional groups attached to an aromatic ring is 1. The lowest BCUT2D eigenvalue weighted by Crippen LogP contribution is -2.40. The normalized spacial score (nSPS) is 12.3. The van der Waals surface area contributed by atoms with Crippen LogP contribution >= 0.6 is 0 Å². The Hall–Kier alpha value is -2.17. The number of Topliss-reactive ketones (excluding diaryl/α,β-unsaturated/α-hetero) is 1. The monoisotopic (exact) mass is 298 g/mol. The molecule has 0 aliphatic rings. The van der Waals surface area contributed by atoms with Crippen molar-refractivity contribution in [2.45, 2.75) is 19.5 Å². The largest absolute Gasteiger partial charge is 0.399 e. The average molecular weight is 298 g/mol. The van der Waals surface area contributed by atoms with Gasteiger partial charge in [0.1, 0.15) is 0 Å². The molecule has 2 aromatic carbocycles. The number of hydrogen-bond donors (Lipinski definition) is 2. The smallest absolute Gasteiger partial charge is 0.179 e. The maximum atomic E-state index is 12.6. The van der Waals surface area contributed by atoms with Gasteiger partial charge >= 0.3 is 0 Å². The van der Waals surface area contributed by atoms with Crippen LogP contribution < -0.4 is 5.73 Å². The molecule has 0 aromatic heterocycles. The van der Waals surface area contributed by atoms with Gasteiger partial charge in [-0.15, -0.1) is 0 Å². The van der Waals surface area contributed by atoms with Gasteiger partial charge in [0.25, 0.3) is 0 Å². The summed E-state index contributed by atoms with van der Waals surface area (Å²) in [6.07, 6.45) is 0. The molecule has 1 atom stereocenters. The molecule has 1 unspecified atom stereocenters. The fourth-order valence-corrected chi connectivity index (χ4v) is 2.41. The first-order chi connectivity index (χ1) is 10.6. The minimum atomic E-state index is -0.309. The SMILES string of the molecule is CC(C(=O)c1ccc(N)cc1)N(CCO)Cc1ccccc1.